The fourth-order valence-corrected chi connectivity index (χ4v) is 12.1. The Morgan fingerprint density at radius 3 is 1.21 bits per heavy atom. The van der Waals surface area contributed by atoms with E-state index >= 15 is 0 Å². The third-order valence-corrected chi connectivity index (χ3v) is 15.2. The molecule has 0 saturated carbocycles. The zero-order chi connectivity index (χ0) is 43.7. The molecule has 310 valence electrons. The number of allylic oxidation sites excluding steroid dienone is 2. The van der Waals surface area contributed by atoms with E-state index in [9.17, 15) is 0 Å². The fraction of sp³-hybridized carbons (Fsp3) is 0.0303. The average Bonchev–Trinajstić information content (AvgIpc) is 3.39. The quantitative estimate of drug-likeness (QED) is 0.151. The number of rotatable bonds is 6. The molecule has 0 aromatic heterocycles. The molecule has 2 aliphatic rings. The molecule has 13 aromatic rings. The van der Waals surface area contributed by atoms with Crippen molar-refractivity contribution in [1.82, 2.24) is 0 Å². The van der Waals surface area contributed by atoms with Gasteiger partial charge in [-0.05, 0) is 168 Å². The minimum absolute atomic E-state index is 0.447. The van der Waals surface area contributed by atoms with Crippen LogP contribution in [0.2, 0.25) is 0 Å². The summed E-state index contributed by atoms with van der Waals surface area (Å²) < 4.78 is 0. The van der Waals surface area contributed by atoms with Crippen molar-refractivity contribution < 1.29 is 0 Å². The van der Waals surface area contributed by atoms with Gasteiger partial charge in [-0.25, -0.2) is 0 Å². The van der Waals surface area contributed by atoms with E-state index in [0.717, 1.165) is 23.5 Å². The maximum absolute atomic E-state index is 2.43. The third-order valence-electron chi connectivity index (χ3n) is 15.2. The highest BCUT2D eigenvalue weighted by atomic mass is 15.1. The highest BCUT2D eigenvalue weighted by molar-refractivity contribution is 6.26. The Morgan fingerprint density at radius 1 is 0.328 bits per heavy atom. The number of anilines is 3. The van der Waals surface area contributed by atoms with Gasteiger partial charge in [0.05, 0.1) is 0 Å². The minimum Gasteiger partial charge on any atom is -0.311 e. The summed E-state index contributed by atoms with van der Waals surface area (Å²) in [6.07, 6.45) is 10.4. The van der Waals surface area contributed by atoms with Gasteiger partial charge in [0.25, 0.3) is 0 Å². The maximum atomic E-state index is 2.43. The van der Waals surface area contributed by atoms with Crippen molar-refractivity contribution >= 4 is 105 Å². The molecule has 0 saturated heterocycles. The first-order valence-electron chi connectivity index (χ1n) is 23.6. The molecule has 15 rings (SSSR count). The summed E-state index contributed by atoms with van der Waals surface area (Å²) in [6, 6.07) is 77.6. The lowest BCUT2D eigenvalue weighted by atomic mass is 9.81. The van der Waals surface area contributed by atoms with Crippen LogP contribution in [0.15, 0.2) is 218 Å². The Labute approximate surface area is 387 Å². The minimum atomic E-state index is 0.447. The van der Waals surface area contributed by atoms with Crippen LogP contribution < -0.4 is 15.3 Å². The highest BCUT2D eigenvalue weighted by Crippen LogP contribution is 2.44. The predicted molar refractivity (Wildman–Crippen MR) is 287 cm³/mol. The SMILES string of the molecule is C1=CC2CC=c3ccc(-c4ccc(N(c5ccc(-c6ccc7ccc8cccc9ccc6c7c89)cc5)c5ccc(-c6ccc7ccc8cccc9ccc6c7c89)cc5)cc4)c4ccc(c2c34)=C1. The van der Waals surface area contributed by atoms with Crippen LogP contribution in [0.25, 0.3) is 121 Å². The fourth-order valence-electron chi connectivity index (χ4n) is 12.1. The lowest BCUT2D eigenvalue weighted by molar-refractivity contribution is 0.877. The van der Waals surface area contributed by atoms with Crippen LogP contribution in [0.1, 0.15) is 17.9 Å². The second-order valence-electron chi connectivity index (χ2n) is 18.7. The van der Waals surface area contributed by atoms with Crippen LogP contribution in [0.5, 0.6) is 0 Å². The molecule has 1 atom stereocenters. The maximum Gasteiger partial charge on any atom is 0.0462 e. The molecule has 0 fully saturated rings. The summed E-state index contributed by atoms with van der Waals surface area (Å²) in [4.78, 5) is 2.41. The number of benzene rings is 13. The lowest BCUT2D eigenvalue weighted by Crippen LogP contribution is -2.22. The van der Waals surface area contributed by atoms with Crippen molar-refractivity contribution in [2.45, 2.75) is 12.3 Å². The third kappa shape index (κ3) is 5.43. The summed E-state index contributed by atoms with van der Waals surface area (Å²) in [6.45, 7) is 0. The van der Waals surface area contributed by atoms with Crippen molar-refractivity contribution in [2.75, 3.05) is 4.90 Å². The molecule has 0 amide bonds. The van der Waals surface area contributed by atoms with Crippen LogP contribution in [-0.2, 0) is 0 Å². The Hall–Kier alpha value is -8.52. The molecule has 1 heteroatoms. The van der Waals surface area contributed by atoms with Gasteiger partial charge in [-0.15, -0.1) is 0 Å². The van der Waals surface area contributed by atoms with Crippen LogP contribution in [0.3, 0.4) is 0 Å². The van der Waals surface area contributed by atoms with E-state index in [0.29, 0.717) is 5.92 Å². The number of hydrogen-bond donors (Lipinski definition) is 0. The molecule has 67 heavy (non-hydrogen) atoms. The normalized spacial score (nSPS) is 14.2. The van der Waals surface area contributed by atoms with Crippen LogP contribution in [-0.4, -0.2) is 0 Å². The molecule has 2 aliphatic carbocycles. The average molecular weight is 848 g/mol. The van der Waals surface area contributed by atoms with Crippen LogP contribution in [0.4, 0.5) is 17.1 Å². The van der Waals surface area contributed by atoms with E-state index in [2.05, 4.69) is 235 Å². The zero-order valence-electron chi connectivity index (χ0n) is 36.7. The molecule has 1 unspecified atom stereocenters. The molecule has 0 bridgehead atoms. The van der Waals surface area contributed by atoms with Gasteiger partial charge in [0.1, 0.15) is 0 Å². The molecule has 1 nitrogen and oxygen atoms in total. The van der Waals surface area contributed by atoms with E-state index in [-0.39, 0.29) is 0 Å². The molecule has 0 heterocycles. The topological polar surface area (TPSA) is 3.24 Å². The van der Waals surface area contributed by atoms with Gasteiger partial charge in [-0.2, -0.15) is 0 Å². The van der Waals surface area contributed by atoms with E-state index in [1.165, 1.54) is 125 Å². The van der Waals surface area contributed by atoms with Crippen LogP contribution >= 0.6 is 0 Å². The molecular formula is C66H41N. The molecular weight excluding hydrogens is 807 g/mol. The van der Waals surface area contributed by atoms with Crippen molar-refractivity contribution in [2.24, 2.45) is 0 Å². The zero-order valence-corrected chi connectivity index (χ0v) is 36.7. The molecule has 0 aliphatic heterocycles. The summed E-state index contributed by atoms with van der Waals surface area (Å²) in [7, 11) is 0. The molecule has 0 spiro atoms. The van der Waals surface area contributed by atoms with Crippen molar-refractivity contribution in [3.05, 3.63) is 234 Å². The van der Waals surface area contributed by atoms with E-state index < -0.39 is 0 Å². The standard InChI is InChI=1S/C66H41N/c1-4-43-10-13-49-22-34-55(58-37-25-46(7-1)61(43)64(49)58)40-16-28-52(29-17-40)67(53-30-18-41(19-31-53)56-35-23-50-14-11-44-5-2-8-47-26-38-59(56)65(50)62(44)47)54-32-20-42(21-33-54)57-36-24-51-15-12-45-6-3-9-48-27-39-60(57)66(51)63(45)48/h1-11,13-39,45H,12H2. The number of hydrogen-bond acceptors (Lipinski definition) is 1. The van der Waals surface area contributed by atoms with Crippen molar-refractivity contribution in [3.63, 3.8) is 0 Å². The lowest BCUT2D eigenvalue weighted by Gasteiger charge is -2.26. The van der Waals surface area contributed by atoms with Gasteiger partial charge in [0.15, 0.2) is 0 Å². The molecule has 0 radical (unpaired) electrons. The Morgan fingerprint density at radius 2 is 0.716 bits per heavy atom. The van der Waals surface area contributed by atoms with Crippen molar-refractivity contribution in [1.29, 1.82) is 0 Å². The monoisotopic (exact) mass is 847 g/mol. The van der Waals surface area contributed by atoms with E-state index in [4.69, 9.17) is 0 Å². The Bertz CT molecular complexity index is 4100. The summed E-state index contributed by atoms with van der Waals surface area (Å²) >= 11 is 0. The smallest absolute Gasteiger partial charge is 0.0462 e. The Kier molecular flexibility index (Phi) is 7.68. The van der Waals surface area contributed by atoms with E-state index in [1.807, 2.05) is 0 Å². The highest BCUT2D eigenvalue weighted by Gasteiger charge is 2.22. The van der Waals surface area contributed by atoms with Gasteiger partial charge < -0.3 is 4.90 Å². The Balaban J connectivity index is 0.853. The van der Waals surface area contributed by atoms with Crippen molar-refractivity contribution in [3.8, 4) is 33.4 Å². The van der Waals surface area contributed by atoms with Gasteiger partial charge in [-0.1, -0.05) is 194 Å². The second-order valence-corrected chi connectivity index (χ2v) is 18.7. The molecule has 13 aromatic carbocycles. The summed E-state index contributed by atoms with van der Waals surface area (Å²) in [5.41, 5.74) is 12.2. The first-order valence-corrected chi connectivity index (χ1v) is 23.6. The first kappa shape index (κ1) is 36.8. The largest absolute Gasteiger partial charge is 0.311 e. The van der Waals surface area contributed by atoms with Gasteiger partial charge >= 0.3 is 0 Å². The first-order chi connectivity index (χ1) is 33.2. The number of nitrogens with zero attached hydrogens (tertiary/aromatic N) is 1. The predicted octanol–water partition coefficient (Wildman–Crippen LogP) is 16.7. The van der Waals surface area contributed by atoms with Gasteiger partial charge in [0, 0.05) is 23.0 Å². The van der Waals surface area contributed by atoms with Crippen LogP contribution in [0, 0.1) is 0 Å². The van der Waals surface area contributed by atoms with E-state index in [1.54, 1.807) is 0 Å². The molecule has 0 N–H and O–H groups in total. The van der Waals surface area contributed by atoms with Gasteiger partial charge in [0.2, 0.25) is 0 Å². The van der Waals surface area contributed by atoms with Gasteiger partial charge in [-0.3, -0.25) is 0 Å². The summed E-state index contributed by atoms with van der Waals surface area (Å²) in [5.74, 6) is 0.447. The summed E-state index contributed by atoms with van der Waals surface area (Å²) in [5, 5.41) is 21.1. The second kappa shape index (κ2) is 14.0.